The molecule has 1 unspecified atom stereocenters. The molecular weight excluding hydrogens is 468 g/mol. The third kappa shape index (κ3) is 5.21. The maximum atomic E-state index is 13.6. The van der Waals surface area contributed by atoms with Gasteiger partial charge in [-0.15, -0.1) is 11.3 Å². The Bertz CT molecular complexity index is 1400. The Hall–Kier alpha value is -3.43. The topological polar surface area (TPSA) is 93.1 Å². The number of nitrogens with one attached hydrogen (secondary N) is 2. The van der Waals surface area contributed by atoms with Gasteiger partial charge in [-0.1, -0.05) is 71.9 Å². The monoisotopic (exact) mass is 492 g/mol. The third-order valence-corrected chi connectivity index (χ3v) is 7.49. The molecule has 0 aliphatic rings. The lowest BCUT2D eigenvalue weighted by atomic mass is 10.1. The Morgan fingerprint density at radius 2 is 1.82 bits per heavy atom. The van der Waals surface area contributed by atoms with Crippen molar-refractivity contribution < 1.29 is 9.59 Å². The Morgan fingerprint density at radius 1 is 1.12 bits per heavy atom. The molecule has 4 aromatic rings. The molecule has 0 aliphatic heterocycles. The number of aromatic nitrogens is 2. The van der Waals surface area contributed by atoms with Crippen LogP contribution in [0.15, 0.2) is 70.6 Å². The number of thioether (sulfide) groups is 1. The number of carbonyl (C=O) groups excluding carboxylic acids is 2. The minimum Gasteiger partial charge on any atom is -0.341 e. The second-order valence-electron chi connectivity index (χ2n) is 7.79. The molecule has 2 aromatic carbocycles. The summed E-state index contributed by atoms with van der Waals surface area (Å²) < 4.78 is 2.17. The Labute approximate surface area is 205 Å². The highest BCUT2D eigenvalue weighted by Gasteiger charge is 2.22. The van der Waals surface area contributed by atoms with Crippen LogP contribution >= 0.6 is 23.1 Å². The van der Waals surface area contributed by atoms with E-state index in [0.29, 0.717) is 21.9 Å². The van der Waals surface area contributed by atoms with Crippen LogP contribution in [0.1, 0.15) is 18.1 Å². The van der Waals surface area contributed by atoms with E-state index >= 15 is 0 Å². The number of urea groups is 1. The molecule has 9 heteroatoms. The van der Waals surface area contributed by atoms with Crippen molar-refractivity contribution >= 4 is 45.3 Å². The Kier molecular flexibility index (Phi) is 7.14. The summed E-state index contributed by atoms with van der Waals surface area (Å²) >= 11 is 2.57. The molecule has 4 rings (SSSR count). The highest BCUT2D eigenvalue weighted by atomic mass is 32.2. The van der Waals surface area contributed by atoms with Gasteiger partial charge in [0, 0.05) is 11.9 Å². The van der Waals surface area contributed by atoms with Crippen molar-refractivity contribution in [2.24, 2.45) is 0 Å². The number of aryl methyl sites for hydroxylation is 1. The van der Waals surface area contributed by atoms with Gasteiger partial charge in [0.2, 0.25) is 5.91 Å². The number of rotatable bonds is 6. The summed E-state index contributed by atoms with van der Waals surface area (Å²) in [6.07, 6.45) is 0. The van der Waals surface area contributed by atoms with E-state index in [4.69, 9.17) is 4.98 Å². The molecule has 174 valence electrons. The summed E-state index contributed by atoms with van der Waals surface area (Å²) in [4.78, 5) is 43.3. The molecule has 3 amide bonds. The minimum atomic E-state index is -0.640. The van der Waals surface area contributed by atoms with Crippen LogP contribution in [0.4, 0.5) is 4.79 Å². The molecule has 1 atom stereocenters. The van der Waals surface area contributed by atoms with Crippen LogP contribution in [-0.4, -0.2) is 33.8 Å². The van der Waals surface area contributed by atoms with Crippen molar-refractivity contribution in [1.82, 2.24) is 20.2 Å². The summed E-state index contributed by atoms with van der Waals surface area (Å²) in [5.41, 5.74) is 3.58. The summed E-state index contributed by atoms with van der Waals surface area (Å²) in [5.74, 6) is -0.462. The molecule has 7 nitrogen and oxygen atoms in total. The van der Waals surface area contributed by atoms with Crippen LogP contribution in [0, 0.1) is 6.92 Å². The van der Waals surface area contributed by atoms with Crippen LogP contribution in [-0.2, 0) is 11.3 Å². The summed E-state index contributed by atoms with van der Waals surface area (Å²) in [6.45, 7) is 4.04. The smallest absolute Gasteiger partial charge is 0.321 e. The van der Waals surface area contributed by atoms with Crippen molar-refractivity contribution in [1.29, 1.82) is 0 Å². The van der Waals surface area contributed by atoms with Gasteiger partial charge in [0.1, 0.15) is 4.70 Å². The fraction of sp³-hybridized carbons (Fsp3) is 0.200. The number of fused-ring (bicyclic) bond motifs is 1. The maximum absolute atomic E-state index is 13.6. The number of nitrogens with zero attached hydrogens (tertiary/aromatic N) is 2. The number of amides is 3. The van der Waals surface area contributed by atoms with Gasteiger partial charge in [-0.05, 0) is 31.0 Å². The van der Waals surface area contributed by atoms with Gasteiger partial charge in [0.25, 0.3) is 5.56 Å². The number of imide groups is 1. The molecule has 0 fully saturated rings. The molecule has 34 heavy (non-hydrogen) atoms. The molecule has 2 N–H and O–H groups in total. The van der Waals surface area contributed by atoms with Crippen molar-refractivity contribution in [2.45, 2.75) is 30.8 Å². The van der Waals surface area contributed by atoms with Gasteiger partial charge in [-0.25, -0.2) is 9.78 Å². The van der Waals surface area contributed by atoms with Crippen LogP contribution in [0.5, 0.6) is 0 Å². The standard InChI is InChI=1S/C25H24N4O3S2/c1-15-9-11-18(12-10-15)20-13-19-21(34-20)23(31)29(14-17-7-5-4-6-8-17)25(27-19)33-16(2)22(30)28-24(32)26-3/h4-13,16H,14H2,1-3H3,(H2,26,28,30,32). The molecule has 0 aliphatic carbocycles. The zero-order valence-electron chi connectivity index (χ0n) is 19.0. The third-order valence-electron chi connectivity index (χ3n) is 5.23. The van der Waals surface area contributed by atoms with Gasteiger partial charge in [-0.3, -0.25) is 19.5 Å². The van der Waals surface area contributed by atoms with Crippen LogP contribution in [0.2, 0.25) is 0 Å². The number of hydrogen-bond donors (Lipinski definition) is 2. The predicted molar refractivity (Wildman–Crippen MR) is 138 cm³/mol. The lowest BCUT2D eigenvalue weighted by Crippen LogP contribution is -2.41. The Morgan fingerprint density at radius 3 is 2.50 bits per heavy atom. The fourth-order valence-electron chi connectivity index (χ4n) is 3.33. The first-order chi connectivity index (χ1) is 16.4. The maximum Gasteiger partial charge on any atom is 0.321 e. The molecule has 0 spiro atoms. The highest BCUT2D eigenvalue weighted by Crippen LogP contribution is 2.33. The number of thiophene rings is 1. The first kappa shape index (κ1) is 23.7. The van der Waals surface area contributed by atoms with E-state index in [1.54, 1.807) is 11.5 Å². The van der Waals surface area contributed by atoms with E-state index in [0.717, 1.165) is 33.3 Å². The average molecular weight is 493 g/mol. The van der Waals surface area contributed by atoms with E-state index < -0.39 is 17.2 Å². The van der Waals surface area contributed by atoms with Crippen LogP contribution in [0.25, 0.3) is 20.7 Å². The summed E-state index contributed by atoms with van der Waals surface area (Å²) in [5, 5.41) is 4.43. The molecule has 2 aromatic heterocycles. The molecule has 2 heterocycles. The summed E-state index contributed by atoms with van der Waals surface area (Å²) in [6, 6.07) is 19.1. The largest absolute Gasteiger partial charge is 0.341 e. The van der Waals surface area contributed by atoms with Gasteiger partial charge in [-0.2, -0.15) is 0 Å². The van der Waals surface area contributed by atoms with E-state index in [1.165, 1.54) is 18.4 Å². The molecule has 0 radical (unpaired) electrons. The van der Waals surface area contributed by atoms with Crippen molar-refractivity contribution in [3.8, 4) is 10.4 Å². The molecule has 0 bridgehead atoms. The normalized spacial score (nSPS) is 11.9. The van der Waals surface area contributed by atoms with Crippen molar-refractivity contribution in [2.75, 3.05) is 7.05 Å². The number of benzene rings is 2. The van der Waals surface area contributed by atoms with Gasteiger partial charge in [0.15, 0.2) is 5.16 Å². The second-order valence-corrected chi connectivity index (χ2v) is 10.2. The van der Waals surface area contributed by atoms with Crippen molar-refractivity contribution in [3.63, 3.8) is 0 Å². The SMILES string of the molecule is CNC(=O)NC(=O)C(C)Sc1nc2cc(-c3ccc(C)cc3)sc2c(=O)n1Cc1ccccc1. The zero-order chi connectivity index (χ0) is 24.2. The minimum absolute atomic E-state index is 0.154. The summed E-state index contributed by atoms with van der Waals surface area (Å²) in [7, 11) is 1.44. The first-order valence-electron chi connectivity index (χ1n) is 10.7. The van der Waals surface area contributed by atoms with Crippen LogP contribution in [0.3, 0.4) is 0 Å². The molecule has 0 saturated carbocycles. The number of carbonyl (C=O) groups is 2. The zero-order valence-corrected chi connectivity index (χ0v) is 20.6. The highest BCUT2D eigenvalue weighted by molar-refractivity contribution is 8.00. The lowest BCUT2D eigenvalue weighted by Gasteiger charge is -2.15. The first-order valence-corrected chi connectivity index (χ1v) is 12.4. The lowest BCUT2D eigenvalue weighted by molar-refractivity contribution is -0.119. The van der Waals surface area contributed by atoms with E-state index in [2.05, 4.69) is 10.6 Å². The van der Waals surface area contributed by atoms with Crippen molar-refractivity contribution in [3.05, 3.63) is 82.1 Å². The van der Waals surface area contributed by atoms with Gasteiger partial charge >= 0.3 is 6.03 Å². The Balaban J connectivity index is 1.77. The number of hydrogen-bond acceptors (Lipinski definition) is 6. The van der Waals surface area contributed by atoms with Gasteiger partial charge in [0.05, 0.1) is 17.3 Å². The van der Waals surface area contributed by atoms with Crippen LogP contribution < -0.4 is 16.2 Å². The fourth-order valence-corrected chi connectivity index (χ4v) is 5.29. The molecule has 0 saturated heterocycles. The quantitative estimate of drug-likeness (QED) is 0.307. The molecular formula is C25H24N4O3S2. The second kappa shape index (κ2) is 10.2. The van der Waals surface area contributed by atoms with E-state index in [-0.39, 0.29) is 5.56 Å². The van der Waals surface area contributed by atoms with E-state index in [9.17, 15) is 14.4 Å². The van der Waals surface area contributed by atoms with Gasteiger partial charge < -0.3 is 5.32 Å². The predicted octanol–water partition coefficient (Wildman–Crippen LogP) is 4.42. The average Bonchev–Trinajstić information content (AvgIpc) is 3.26. The van der Waals surface area contributed by atoms with E-state index in [1.807, 2.05) is 67.6 Å².